The number of nitrogens with one attached hydrogen (secondary N) is 1. The molecule has 1 fully saturated rings. The van der Waals surface area contributed by atoms with Crippen LogP contribution in [0.1, 0.15) is 24.0 Å². The molecule has 2 atom stereocenters. The lowest BCUT2D eigenvalue weighted by molar-refractivity contribution is 0.416. The molecule has 1 heterocycles. The molecule has 0 spiro atoms. The maximum atomic E-state index is 11.4. The molecular formula is C15H21NO2S. The van der Waals surface area contributed by atoms with Crippen LogP contribution in [0.5, 0.6) is 0 Å². The Kier molecular flexibility index (Phi) is 3.63. The minimum absolute atomic E-state index is 0.321. The highest BCUT2D eigenvalue weighted by Gasteiger charge is 2.28. The minimum atomic E-state index is -2.74. The SMILES string of the molecule is O=S1(=O)CCC(CNC2CCc3ccccc3C2)C1. The Morgan fingerprint density at radius 2 is 1.95 bits per heavy atom. The third-order valence-electron chi connectivity index (χ3n) is 4.37. The van der Waals surface area contributed by atoms with Crippen LogP contribution in [-0.2, 0) is 22.7 Å². The molecule has 1 aromatic rings. The van der Waals surface area contributed by atoms with E-state index in [9.17, 15) is 8.42 Å². The van der Waals surface area contributed by atoms with E-state index in [2.05, 4.69) is 29.6 Å². The zero-order valence-electron chi connectivity index (χ0n) is 11.1. The first-order valence-electron chi connectivity index (χ1n) is 7.13. The maximum Gasteiger partial charge on any atom is 0.150 e. The number of rotatable bonds is 3. The van der Waals surface area contributed by atoms with E-state index < -0.39 is 9.84 Å². The third kappa shape index (κ3) is 3.18. The first-order valence-corrected chi connectivity index (χ1v) is 8.95. The number of fused-ring (bicyclic) bond motifs is 1. The zero-order valence-corrected chi connectivity index (χ0v) is 12.0. The quantitative estimate of drug-likeness (QED) is 0.913. The molecule has 2 unspecified atom stereocenters. The number of sulfone groups is 1. The van der Waals surface area contributed by atoms with E-state index in [0.717, 1.165) is 32.2 Å². The molecule has 4 heteroatoms. The summed E-state index contributed by atoms with van der Waals surface area (Å²) in [6, 6.07) is 9.15. The highest BCUT2D eigenvalue weighted by Crippen LogP contribution is 2.22. The number of benzene rings is 1. The fraction of sp³-hybridized carbons (Fsp3) is 0.600. The standard InChI is InChI=1S/C15H21NO2S/c17-19(18)8-7-12(11-19)10-16-15-6-5-13-3-1-2-4-14(13)9-15/h1-4,12,15-16H,5-11H2. The largest absolute Gasteiger partial charge is 0.313 e. The van der Waals surface area contributed by atoms with Gasteiger partial charge in [-0.15, -0.1) is 0 Å². The first kappa shape index (κ1) is 13.1. The maximum absolute atomic E-state index is 11.4. The lowest BCUT2D eigenvalue weighted by Gasteiger charge is -2.26. The summed E-state index contributed by atoms with van der Waals surface area (Å²) in [6.07, 6.45) is 4.21. The van der Waals surface area contributed by atoms with E-state index in [-0.39, 0.29) is 0 Å². The van der Waals surface area contributed by atoms with Crippen LogP contribution < -0.4 is 5.32 Å². The molecule has 1 aliphatic heterocycles. The molecule has 0 aromatic heterocycles. The molecule has 0 bridgehead atoms. The normalized spacial score (nSPS) is 29.1. The lowest BCUT2D eigenvalue weighted by Crippen LogP contribution is -2.37. The molecule has 1 N–H and O–H groups in total. The van der Waals surface area contributed by atoms with Gasteiger partial charge < -0.3 is 5.32 Å². The van der Waals surface area contributed by atoms with E-state index in [1.807, 2.05) is 0 Å². The van der Waals surface area contributed by atoms with E-state index in [1.165, 1.54) is 11.1 Å². The average molecular weight is 279 g/mol. The van der Waals surface area contributed by atoms with Crippen molar-refractivity contribution in [2.45, 2.75) is 31.7 Å². The Bertz CT molecular complexity index is 553. The summed E-state index contributed by atoms with van der Waals surface area (Å²) in [5, 5.41) is 3.58. The molecule has 3 nitrogen and oxygen atoms in total. The fourth-order valence-corrected chi connectivity index (χ4v) is 5.10. The van der Waals surface area contributed by atoms with Crippen LogP contribution in [0.2, 0.25) is 0 Å². The van der Waals surface area contributed by atoms with E-state index in [0.29, 0.717) is 23.5 Å². The fourth-order valence-electron chi connectivity index (χ4n) is 3.24. The Balaban J connectivity index is 1.53. The average Bonchev–Trinajstić information content (AvgIpc) is 2.76. The zero-order chi connectivity index (χ0) is 13.3. The molecule has 1 aliphatic carbocycles. The molecule has 3 rings (SSSR count). The summed E-state index contributed by atoms with van der Waals surface area (Å²) in [7, 11) is -2.74. The Labute approximate surface area is 115 Å². The van der Waals surface area contributed by atoms with E-state index in [4.69, 9.17) is 0 Å². The van der Waals surface area contributed by atoms with Gasteiger partial charge in [-0.25, -0.2) is 8.42 Å². The van der Waals surface area contributed by atoms with Crippen molar-refractivity contribution < 1.29 is 8.42 Å². The van der Waals surface area contributed by atoms with Crippen LogP contribution in [0.4, 0.5) is 0 Å². The Morgan fingerprint density at radius 3 is 2.68 bits per heavy atom. The van der Waals surface area contributed by atoms with Crippen molar-refractivity contribution in [3.8, 4) is 0 Å². The summed E-state index contributed by atoms with van der Waals surface area (Å²) >= 11 is 0. The van der Waals surface area contributed by atoms with Gasteiger partial charge >= 0.3 is 0 Å². The molecule has 0 radical (unpaired) electrons. The lowest BCUT2D eigenvalue weighted by atomic mass is 9.88. The van der Waals surface area contributed by atoms with Gasteiger partial charge in [0, 0.05) is 6.04 Å². The van der Waals surface area contributed by atoms with Gasteiger partial charge in [-0.2, -0.15) is 0 Å². The van der Waals surface area contributed by atoms with E-state index in [1.54, 1.807) is 0 Å². The smallest absolute Gasteiger partial charge is 0.150 e. The van der Waals surface area contributed by atoms with Crippen molar-refractivity contribution in [1.82, 2.24) is 5.32 Å². The Hall–Kier alpha value is -0.870. The molecule has 1 aromatic carbocycles. The summed E-state index contributed by atoms with van der Waals surface area (Å²) in [6.45, 7) is 0.853. The minimum Gasteiger partial charge on any atom is -0.313 e. The van der Waals surface area contributed by atoms with Gasteiger partial charge in [0.1, 0.15) is 0 Å². The van der Waals surface area contributed by atoms with Crippen molar-refractivity contribution in [2.24, 2.45) is 5.92 Å². The molecular weight excluding hydrogens is 258 g/mol. The molecule has 0 amide bonds. The van der Waals surface area contributed by atoms with Crippen molar-refractivity contribution in [3.05, 3.63) is 35.4 Å². The Morgan fingerprint density at radius 1 is 1.16 bits per heavy atom. The molecule has 1 saturated heterocycles. The van der Waals surface area contributed by atoms with Crippen molar-refractivity contribution in [2.75, 3.05) is 18.1 Å². The van der Waals surface area contributed by atoms with Gasteiger partial charge in [-0.05, 0) is 49.3 Å². The summed E-state index contributed by atoms with van der Waals surface area (Å²) in [5.41, 5.74) is 2.93. The number of aryl methyl sites for hydroxylation is 1. The van der Waals surface area contributed by atoms with Gasteiger partial charge in [0.25, 0.3) is 0 Å². The number of hydrogen-bond donors (Lipinski definition) is 1. The highest BCUT2D eigenvalue weighted by atomic mass is 32.2. The summed E-state index contributed by atoms with van der Waals surface area (Å²) < 4.78 is 22.9. The second-order valence-corrected chi connectivity index (χ2v) is 8.11. The second-order valence-electron chi connectivity index (χ2n) is 5.89. The predicted molar refractivity (Wildman–Crippen MR) is 77.0 cm³/mol. The van der Waals surface area contributed by atoms with Gasteiger partial charge in [-0.1, -0.05) is 24.3 Å². The third-order valence-corrected chi connectivity index (χ3v) is 6.21. The summed E-state index contributed by atoms with van der Waals surface area (Å²) in [4.78, 5) is 0. The number of hydrogen-bond acceptors (Lipinski definition) is 3. The molecule has 104 valence electrons. The first-order chi connectivity index (χ1) is 9.12. The van der Waals surface area contributed by atoms with Crippen LogP contribution in [0.25, 0.3) is 0 Å². The van der Waals surface area contributed by atoms with Crippen LogP contribution in [0.3, 0.4) is 0 Å². The van der Waals surface area contributed by atoms with Crippen molar-refractivity contribution in [3.63, 3.8) is 0 Å². The van der Waals surface area contributed by atoms with Gasteiger partial charge in [0.05, 0.1) is 11.5 Å². The monoisotopic (exact) mass is 279 g/mol. The second kappa shape index (κ2) is 5.25. The predicted octanol–water partition coefficient (Wildman–Crippen LogP) is 1.57. The van der Waals surface area contributed by atoms with Gasteiger partial charge in [0.15, 0.2) is 9.84 Å². The van der Waals surface area contributed by atoms with Crippen molar-refractivity contribution in [1.29, 1.82) is 0 Å². The van der Waals surface area contributed by atoms with Crippen LogP contribution >= 0.6 is 0 Å². The topological polar surface area (TPSA) is 46.2 Å². The van der Waals surface area contributed by atoms with Crippen LogP contribution in [0, 0.1) is 5.92 Å². The van der Waals surface area contributed by atoms with Crippen LogP contribution in [0.15, 0.2) is 24.3 Å². The van der Waals surface area contributed by atoms with Crippen LogP contribution in [-0.4, -0.2) is 32.5 Å². The molecule has 2 aliphatic rings. The van der Waals surface area contributed by atoms with E-state index >= 15 is 0 Å². The van der Waals surface area contributed by atoms with Crippen molar-refractivity contribution >= 4 is 9.84 Å². The molecule has 0 saturated carbocycles. The van der Waals surface area contributed by atoms with Gasteiger partial charge in [0.2, 0.25) is 0 Å². The molecule has 19 heavy (non-hydrogen) atoms. The highest BCUT2D eigenvalue weighted by molar-refractivity contribution is 7.91. The van der Waals surface area contributed by atoms with Gasteiger partial charge in [-0.3, -0.25) is 0 Å². The summed E-state index contributed by atoms with van der Waals surface area (Å²) in [5.74, 6) is 1.08.